The lowest BCUT2D eigenvalue weighted by Crippen LogP contribution is -2.44. The van der Waals surface area contributed by atoms with E-state index in [0.717, 1.165) is 43.7 Å². The van der Waals surface area contributed by atoms with Crippen LogP contribution in [0.5, 0.6) is 0 Å². The fourth-order valence-electron chi connectivity index (χ4n) is 4.05. The number of fused-ring (bicyclic) bond motifs is 1. The van der Waals surface area contributed by atoms with Crippen LogP contribution in [-0.2, 0) is 24.7 Å². The fraction of sp³-hybridized carbons (Fsp3) is 0.522. The van der Waals surface area contributed by atoms with Gasteiger partial charge < -0.3 is 15.5 Å². The van der Waals surface area contributed by atoms with Gasteiger partial charge in [0.15, 0.2) is 5.96 Å². The summed E-state index contributed by atoms with van der Waals surface area (Å²) in [5.74, 6) is 0.703. The lowest BCUT2D eigenvalue weighted by atomic mass is 10.0. The topological polar surface area (TPSA) is 74.6 Å². The van der Waals surface area contributed by atoms with Gasteiger partial charge in [0.1, 0.15) is 6.54 Å². The molecule has 0 saturated heterocycles. The summed E-state index contributed by atoms with van der Waals surface area (Å²) < 4.78 is 1.92. The first-order valence-electron chi connectivity index (χ1n) is 10.8. The monoisotopic (exact) mass is 410 g/mol. The van der Waals surface area contributed by atoms with Crippen molar-refractivity contribution in [3.8, 4) is 0 Å². The number of carbonyl (C=O) groups is 1. The molecule has 162 valence electrons. The molecule has 0 radical (unpaired) electrons. The van der Waals surface area contributed by atoms with Gasteiger partial charge in [-0.15, -0.1) is 0 Å². The molecule has 7 heteroatoms. The van der Waals surface area contributed by atoms with Crippen molar-refractivity contribution >= 4 is 17.6 Å². The molecule has 1 unspecified atom stereocenters. The molecule has 1 atom stereocenters. The predicted octanol–water partition coefficient (Wildman–Crippen LogP) is 2.50. The number of aliphatic imine (C=N–C) groups is 1. The molecule has 1 aliphatic heterocycles. The SMILES string of the molecule is CCNC(=NCC(=O)N1CCCc2ccccc21)NC(C)Cc1c(C)nn(C)c1C. The van der Waals surface area contributed by atoms with Crippen LogP contribution < -0.4 is 15.5 Å². The van der Waals surface area contributed by atoms with Crippen molar-refractivity contribution in [2.45, 2.75) is 53.0 Å². The number of guanidine groups is 1. The van der Waals surface area contributed by atoms with Gasteiger partial charge in [-0.2, -0.15) is 5.10 Å². The number of nitrogens with zero attached hydrogens (tertiary/aromatic N) is 4. The minimum atomic E-state index is 0.0333. The second kappa shape index (κ2) is 9.78. The maximum absolute atomic E-state index is 12.9. The van der Waals surface area contributed by atoms with Crippen molar-refractivity contribution < 1.29 is 4.79 Å². The van der Waals surface area contributed by atoms with E-state index in [1.54, 1.807) is 0 Å². The quantitative estimate of drug-likeness (QED) is 0.567. The van der Waals surface area contributed by atoms with Gasteiger partial charge in [0, 0.05) is 37.6 Å². The van der Waals surface area contributed by atoms with Crippen LogP contribution in [0.3, 0.4) is 0 Å². The zero-order valence-corrected chi connectivity index (χ0v) is 18.8. The number of hydrogen-bond donors (Lipinski definition) is 2. The number of carbonyl (C=O) groups excluding carboxylic acids is 1. The highest BCUT2D eigenvalue weighted by Gasteiger charge is 2.22. The van der Waals surface area contributed by atoms with Crippen molar-refractivity contribution in [2.24, 2.45) is 12.0 Å². The van der Waals surface area contributed by atoms with E-state index < -0.39 is 0 Å². The average molecular weight is 411 g/mol. The van der Waals surface area contributed by atoms with Gasteiger partial charge in [0.25, 0.3) is 0 Å². The third-order valence-electron chi connectivity index (χ3n) is 5.68. The van der Waals surface area contributed by atoms with Gasteiger partial charge in [0.05, 0.1) is 5.69 Å². The standard InChI is InChI=1S/C23H34N6O/c1-6-24-23(26-16(2)14-20-17(3)27-28(5)18(20)4)25-15-22(30)29-13-9-11-19-10-7-8-12-21(19)29/h7-8,10,12,16H,6,9,11,13-15H2,1-5H3,(H2,24,25,26). The summed E-state index contributed by atoms with van der Waals surface area (Å²) in [5.41, 5.74) is 5.76. The summed E-state index contributed by atoms with van der Waals surface area (Å²) in [7, 11) is 1.97. The van der Waals surface area contributed by atoms with E-state index in [1.165, 1.54) is 16.8 Å². The summed E-state index contributed by atoms with van der Waals surface area (Å²) in [6.45, 7) is 9.91. The Morgan fingerprint density at radius 1 is 1.30 bits per heavy atom. The molecule has 1 aromatic heterocycles. The maximum atomic E-state index is 12.9. The zero-order chi connectivity index (χ0) is 21.7. The Morgan fingerprint density at radius 2 is 2.07 bits per heavy atom. The Kier molecular flexibility index (Phi) is 7.13. The number of hydrogen-bond acceptors (Lipinski definition) is 3. The molecule has 0 spiro atoms. The summed E-state index contributed by atoms with van der Waals surface area (Å²) in [6.07, 6.45) is 2.87. The Morgan fingerprint density at radius 3 is 2.77 bits per heavy atom. The first kappa shape index (κ1) is 21.9. The van der Waals surface area contributed by atoms with Crippen molar-refractivity contribution in [3.63, 3.8) is 0 Å². The van der Waals surface area contributed by atoms with Crippen LogP contribution in [0.1, 0.15) is 42.8 Å². The highest BCUT2D eigenvalue weighted by Crippen LogP contribution is 2.26. The van der Waals surface area contributed by atoms with Crippen LogP contribution in [0, 0.1) is 13.8 Å². The van der Waals surface area contributed by atoms with Gasteiger partial charge in [-0.3, -0.25) is 9.48 Å². The predicted molar refractivity (Wildman–Crippen MR) is 122 cm³/mol. The Labute approximate surface area is 179 Å². The Hall–Kier alpha value is -2.83. The van der Waals surface area contributed by atoms with Gasteiger partial charge in [-0.05, 0) is 64.2 Å². The molecular weight excluding hydrogens is 376 g/mol. The molecule has 2 N–H and O–H groups in total. The van der Waals surface area contributed by atoms with Crippen LogP contribution in [0.25, 0.3) is 0 Å². The number of amides is 1. The first-order chi connectivity index (χ1) is 14.4. The third-order valence-corrected chi connectivity index (χ3v) is 5.68. The summed E-state index contributed by atoms with van der Waals surface area (Å²) in [4.78, 5) is 19.3. The lowest BCUT2D eigenvalue weighted by molar-refractivity contribution is -0.117. The summed E-state index contributed by atoms with van der Waals surface area (Å²) in [5, 5.41) is 11.2. The van der Waals surface area contributed by atoms with Crippen molar-refractivity contribution in [2.75, 3.05) is 24.5 Å². The van der Waals surface area contributed by atoms with Gasteiger partial charge >= 0.3 is 0 Å². The molecule has 3 rings (SSSR count). The highest BCUT2D eigenvalue weighted by molar-refractivity contribution is 5.97. The lowest BCUT2D eigenvalue weighted by Gasteiger charge is -2.29. The number of anilines is 1. The molecule has 0 saturated carbocycles. The molecule has 30 heavy (non-hydrogen) atoms. The third kappa shape index (κ3) is 5.01. The van der Waals surface area contributed by atoms with Gasteiger partial charge in [-0.1, -0.05) is 18.2 Å². The second-order valence-corrected chi connectivity index (χ2v) is 8.00. The van der Waals surface area contributed by atoms with Crippen LogP contribution in [0.2, 0.25) is 0 Å². The van der Waals surface area contributed by atoms with Crippen LogP contribution in [-0.4, -0.2) is 47.3 Å². The molecule has 7 nitrogen and oxygen atoms in total. The molecule has 2 aromatic rings. The molecule has 1 aromatic carbocycles. The van der Waals surface area contributed by atoms with Crippen molar-refractivity contribution in [1.29, 1.82) is 0 Å². The van der Waals surface area contributed by atoms with E-state index in [2.05, 4.69) is 40.6 Å². The average Bonchev–Trinajstić information content (AvgIpc) is 2.97. The van der Waals surface area contributed by atoms with E-state index >= 15 is 0 Å². The first-order valence-corrected chi connectivity index (χ1v) is 10.8. The molecular formula is C23H34N6O. The van der Waals surface area contributed by atoms with Crippen LogP contribution >= 0.6 is 0 Å². The van der Waals surface area contributed by atoms with E-state index in [4.69, 9.17) is 0 Å². The molecule has 0 bridgehead atoms. The molecule has 0 aliphatic carbocycles. The zero-order valence-electron chi connectivity index (χ0n) is 18.8. The van der Waals surface area contributed by atoms with Crippen LogP contribution in [0.15, 0.2) is 29.3 Å². The number of nitrogens with one attached hydrogen (secondary N) is 2. The van der Waals surface area contributed by atoms with E-state index in [1.807, 2.05) is 48.7 Å². The Balaban J connectivity index is 1.65. The van der Waals surface area contributed by atoms with E-state index in [9.17, 15) is 4.79 Å². The molecule has 2 heterocycles. The molecule has 1 aliphatic rings. The highest BCUT2D eigenvalue weighted by atomic mass is 16.2. The number of para-hydroxylation sites is 1. The van der Waals surface area contributed by atoms with E-state index in [-0.39, 0.29) is 18.5 Å². The minimum Gasteiger partial charge on any atom is -0.357 e. The van der Waals surface area contributed by atoms with E-state index in [0.29, 0.717) is 5.96 Å². The number of aromatic nitrogens is 2. The van der Waals surface area contributed by atoms with Crippen molar-refractivity contribution in [3.05, 3.63) is 46.8 Å². The van der Waals surface area contributed by atoms with Gasteiger partial charge in [0.2, 0.25) is 5.91 Å². The molecule has 1 amide bonds. The summed E-state index contributed by atoms with van der Waals surface area (Å²) >= 11 is 0. The normalized spacial score (nSPS) is 15.0. The number of aryl methyl sites for hydroxylation is 3. The van der Waals surface area contributed by atoms with Crippen molar-refractivity contribution in [1.82, 2.24) is 20.4 Å². The second-order valence-electron chi connectivity index (χ2n) is 8.00. The largest absolute Gasteiger partial charge is 0.357 e. The van der Waals surface area contributed by atoms with Gasteiger partial charge in [-0.25, -0.2) is 4.99 Å². The molecule has 0 fully saturated rings. The smallest absolute Gasteiger partial charge is 0.248 e. The Bertz CT molecular complexity index is 916. The fourth-order valence-corrected chi connectivity index (χ4v) is 4.05. The number of rotatable bonds is 6. The number of benzene rings is 1. The maximum Gasteiger partial charge on any atom is 0.248 e. The van der Waals surface area contributed by atoms with Crippen LogP contribution in [0.4, 0.5) is 5.69 Å². The minimum absolute atomic E-state index is 0.0333. The summed E-state index contributed by atoms with van der Waals surface area (Å²) in [6, 6.07) is 8.32.